The second-order valence-corrected chi connectivity index (χ2v) is 6.07. The monoisotopic (exact) mass is 264 g/mol. The molecule has 1 N–H and O–H groups in total. The molecule has 1 unspecified atom stereocenters. The highest BCUT2D eigenvalue weighted by molar-refractivity contribution is 7.98. The van der Waals surface area contributed by atoms with Gasteiger partial charge in [0.05, 0.1) is 0 Å². The molecule has 1 aromatic rings. The van der Waals surface area contributed by atoms with Crippen LogP contribution in [0, 0.1) is 0 Å². The number of rotatable bonds is 5. The Balaban J connectivity index is 2.12. The zero-order chi connectivity index (χ0) is 13.0. The number of thioether (sulfide) groups is 1. The molecule has 2 nitrogen and oxygen atoms in total. The normalized spacial score (nSPS) is 19.9. The molecule has 1 atom stereocenters. The molecule has 100 valence electrons. The molecule has 0 radical (unpaired) electrons. The minimum atomic E-state index is 0.602. The van der Waals surface area contributed by atoms with Crippen molar-refractivity contribution in [1.29, 1.82) is 0 Å². The Morgan fingerprint density at radius 3 is 2.78 bits per heavy atom. The molecule has 0 aliphatic carbocycles. The van der Waals surface area contributed by atoms with Crippen molar-refractivity contribution >= 4 is 11.8 Å². The SMILES string of the molecule is CSc1ccccc1CN(C(C)C)C1CCNC1. The number of hydrogen-bond donors (Lipinski definition) is 1. The van der Waals surface area contributed by atoms with Gasteiger partial charge in [0.2, 0.25) is 0 Å². The van der Waals surface area contributed by atoms with Crippen LogP contribution in [-0.2, 0) is 6.54 Å². The standard InChI is InChI=1S/C15H24N2S/c1-12(2)17(14-8-9-16-10-14)11-13-6-4-5-7-15(13)18-3/h4-7,12,14,16H,8-11H2,1-3H3. The summed E-state index contributed by atoms with van der Waals surface area (Å²) in [6.45, 7) is 7.98. The van der Waals surface area contributed by atoms with Crippen LogP contribution in [0.1, 0.15) is 25.8 Å². The third-order valence-corrected chi connectivity index (χ3v) is 4.55. The maximum absolute atomic E-state index is 3.48. The highest BCUT2D eigenvalue weighted by Gasteiger charge is 2.24. The van der Waals surface area contributed by atoms with Crippen LogP contribution in [0.3, 0.4) is 0 Å². The molecule has 1 saturated heterocycles. The lowest BCUT2D eigenvalue weighted by atomic mass is 10.1. The van der Waals surface area contributed by atoms with E-state index in [0.29, 0.717) is 12.1 Å². The van der Waals surface area contributed by atoms with E-state index in [1.807, 2.05) is 11.8 Å². The van der Waals surface area contributed by atoms with Gasteiger partial charge in [0, 0.05) is 30.1 Å². The molecule has 0 saturated carbocycles. The third kappa shape index (κ3) is 3.28. The topological polar surface area (TPSA) is 15.3 Å². The average molecular weight is 264 g/mol. The summed E-state index contributed by atoms with van der Waals surface area (Å²) in [5.41, 5.74) is 1.46. The van der Waals surface area contributed by atoms with E-state index in [-0.39, 0.29) is 0 Å². The average Bonchev–Trinajstić information content (AvgIpc) is 2.89. The molecule has 1 fully saturated rings. The van der Waals surface area contributed by atoms with E-state index in [1.54, 1.807) is 0 Å². The van der Waals surface area contributed by atoms with Crippen molar-refractivity contribution in [3.05, 3.63) is 29.8 Å². The van der Waals surface area contributed by atoms with Gasteiger partial charge < -0.3 is 5.32 Å². The highest BCUT2D eigenvalue weighted by atomic mass is 32.2. The first-order valence-electron chi connectivity index (χ1n) is 6.80. The lowest BCUT2D eigenvalue weighted by molar-refractivity contribution is 0.153. The Morgan fingerprint density at radius 2 is 2.17 bits per heavy atom. The molecular weight excluding hydrogens is 240 g/mol. The van der Waals surface area contributed by atoms with Crippen molar-refractivity contribution in [3.63, 3.8) is 0 Å². The van der Waals surface area contributed by atoms with Crippen LogP contribution < -0.4 is 5.32 Å². The smallest absolute Gasteiger partial charge is 0.0251 e. The fraction of sp³-hybridized carbons (Fsp3) is 0.600. The molecular formula is C15H24N2S. The van der Waals surface area contributed by atoms with Gasteiger partial charge in [-0.2, -0.15) is 0 Å². The highest BCUT2D eigenvalue weighted by Crippen LogP contribution is 2.24. The summed E-state index contributed by atoms with van der Waals surface area (Å²) < 4.78 is 0. The predicted octanol–water partition coefficient (Wildman–Crippen LogP) is 2.98. The molecule has 0 aromatic heterocycles. The van der Waals surface area contributed by atoms with Crippen molar-refractivity contribution in [1.82, 2.24) is 10.2 Å². The predicted molar refractivity (Wildman–Crippen MR) is 80.2 cm³/mol. The molecule has 1 aliphatic heterocycles. The Kier molecular flexibility index (Phi) is 5.10. The van der Waals surface area contributed by atoms with Crippen LogP contribution in [0.15, 0.2) is 29.2 Å². The fourth-order valence-electron chi connectivity index (χ4n) is 2.69. The molecule has 1 heterocycles. The van der Waals surface area contributed by atoms with E-state index in [1.165, 1.54) is 16.9 Å². The molecule has 0 spiro atoms. The maximum atomic E-state index is 3.48. The number of nitrogens with one attached hydrogen (secondary N) is 1. The van der Waals surface area contributed by atoms with Crippen molar-refractivity contribution in [2.75, 3.05) is 19.3 Å². The second-order valence-electron chi connectivity index (χ2n) is 5.22. The van der Waals surface area contributed by atoms with E-state index in [2.05, 4.69) is 54.6 Å². The zero-order valence-corrected chi connectivity index (χ0v) is 12.5. The van der Waals surface area contributed by atoms with E-state index >= 15 is 0 Å². The number of hydrogen-bond acceptors (Lipinski definition) is 3. The Morgan fingerprint density at radius 1 is 1.39 bits per heavy atom. The van der Waals surface area contributed by atoms with Crippen LogP contribution in [0.25, 0.3) is 0 Å². The van der Waals surface area contributed by atoms with E-state index < -0.39 is 0 Å². The van der Waals surface area contributed by atoms with Crippen LogP contribution >= 0.6 is 11.8 Å². The summed E-state index contributed by atoms with van der Waals surface area (Å²) in [5.74, 6) is 0. The van der Waals surface area contributed by atoms with Crippen molar-refractivity contribution in [2.24, 2.45) is 0 Å². The minimum absolute atomic E-state index is 0.602. The Bertz CT molecular complexity index is 373. The molecule has 1 aliphatic rings. The van der Waals surface area contributed by atoms with Gasteiger partial charge >= 0.3 is 0 Å². The van der Waals surface area contributed by atoms with Crippen molar-refractivity contribution in [3.8, 4) is 0 Å². The summed E-state index contributed by atoms with van der Waals surface area (Å²) in [6, 6.07) is 10.1. The van der Waals surface area contributed by atoms with Gasteiger partial charge in [-0.3, -0.25) is 4.90 Å². The van der Waals surface area contributed by atoms with Gasteiger partial charge in [-0.05, 0) is 44.7 Å². The lowest BCUT2D eigenvalue weighted by Gasteiger charge is -2.32. The first-order valence-corrected chi connectivity index (χ1v) is 8.03. The number of benzene rings is 1. The van der Waals surface area contributed by atoms with Crippen LogP contribution in [0.5, 0.6) is 0 Å². The minimum Gasteiger partial charge on any atom is -0.315 e. The molecule has 1 aromatic carbocycles. The van der Waals surface area contributed by atoms with Crippen molar-refractivity contribution in [2.45, 2.75) is 43.8 Å². The van der Waals surface area contributed by atoms with E-state index in [9.17, 15) is 0 Å². The summed E-state index contributed by atoms with van der Waals surface area (Å²) in [5, 5.41) is 3.48. The summed E-state index contributed by atoms with van der Waals surface area (Å²) in [6.07, 6.45) is 3.44. The zero-order valence-electron chi connectivity index (χ0n) is 11.6. The molecule has 3 heteroatoms. The fourth-order valence-corrected chi connectivity index (χ4v) is 3.30. The maximum Gasteiger partial charge on any atom is 0.0251 e. The second kappa shape index (κ2) is 6.60. The largest absolute Gasteiger partial charge is 0.315 e. The summed E-state index contributed by atoms with van der Waals surface area (Å²) >= 11 is 1.85. The van der Waals surface area contributed by atoms with Crippen LogP contribution in [0.4, 0.5) is 0 Å². The van der Waals surface area contributed by atoms with E-state index in [0.717, 1.165) is 19.6 Å². The van der Waals surface area contributed by atoms with Crippen molar-refractivity contribution < 1.29 is 0 Å². The Hall–Kier alpha value is -0.510. The molecule has 18 heavy (non-hydrogen) atoms. The van der Waals surface area contributed by atoms with Crippen LogP contribution in [0.2, 0.25) is 0 Å². The Labute approximate surface area is 115 Å². The van der Waals surface area contributed by atoms with Crippen LogP contribution in [-0.4, -0.2) is 36.3 Å². The third-order valence-electron chi connectivity index (χ3n) is 3.71. The van der Waals surface area contributed by atoms with Gasteiger partial charge in [-0.15, -0.1) is 11.8 Å². The molecule has 2 rings (SSSR count). The summed E-state index contributed by atoms with van der Waals surface area (Å²) in [4.78, 5) is 4.05. The van der Waals surface area contributed by atoms with Gasteiger partial charge in [-0.25, -0.2) is 0 Å². The molecule has 0 bridgehead atoms. The first kappa shape index (κ1) is 13.9. The van der Waals surface area contributed by atoms with Gasteiger partial charge in [0.25, 0.3) is 0 Å². The van der Waals surface area contributed by atoms with Gasteiger partial charge in [-0.1, -0.05) is 18.2 Å². The lowest BCUT2D eigenvalue weighted by Crippen LogP contribution is -2.41. The number of nitrogens with zero attached hydrogens (tertiary/aromatic N) is 1. The van der Waals surface area contributed by atoms with Gasteiger partial charge in [0.1, 0.15) is 0 Å². The molecule has 0 amide bonds. The summed E-state index contributed by atoms with van der Waals surface area (Å²) in [7, 11) is 0. The van der Waals surface area contributed by atoms with Gasteiger partial charge in [0.15, 0.2) is 0 Å². The van der Waals surface area contributed by atoms with E-state index in [4.69, 9.17) is 0 Å². The quantitative estimate of drug-likeness (QED) is 0.823. The first-order chi connectivity index (χ1) is 8.72.